The molecular formula is C17H12F3NO6. The smallest absolute Gasteiger partial charge is 0.419 e. The molecule has 0 heterocycles. The molecule has 2 aromatic carbocycles. The lowest BCUT2D eigenvalue weighted by Gasteiger charge is -2.12. The molecular weight excluding hydrogens is 371 g/mol. The van der Waals surface area contributed by atoms with Crippen LogP contribution >= 0.6 is 0 Å². The number of benzene rings is 2. The molecule has 27 heavy (non-hydrogen) atoms. The second-order valence-corrected chi connectivity index (χ2v) is 5.13. The number of ether oxygens (including phenoxy) is 2. The van der Waals surface area contributed by atoms with Gasteiger partial charge in [0.2, 0.25) is 0 Å². The molecule has 0 radical (unpaired) electrons. The van der Waals surface area contributed by atoms with Crippen molar-refractivity contribution in [3.8, 4) is 5.75 Å². The van der Waals surface area contributed by atoms with Crippen molar-refractivity contribution in [2.45, 2.75) is 13.1 Å². The summed E-state index contributed by atoms with van der Waals surface area (Å²) in [5.74, 6) is -2.98. The molecule has 0 aliphatic heterocycles. The summed E-state index contributed by atoms with van der Waals surface area (Å²) in [7, 11) is 0. The fourth-order valence-corrected chi connectivity index (χ4v) is 2.12. The predicted octanol–water partition coefficient (Wildman–Crippen LogP) is 4.01. The highest BCUT2D eigenvalue weighted by molar-refractivity contribution is 5.97. The van der Waals surface area contributed by atoms with Gasteiger partial charge in [-0.25, -0.2) is 9.59 Å². The largest absolute Gasteiger partial charge is 0.462 e. The molecule has 2 rings (SSSR count). The van der Waals surface area contributed by atoms with Gasteiger partial charge in [-0.2, -0.15) is 13.2 Å². The number of alkyl halides is 3. The van der Waals surface area contributed by atoms with Gasteiger partial charge < -0.3 is 9.47 Å². The van der Waals surface area contributed by atoms with E-state index in [-0.39, 0.29) is 12.2 Å². The minimum absolute atomic E-state index is 0.0136. The number of carbonyl (C=O) groups excluding carboxylic acids is 2. The van der Waals surface area contributed by atoms with Crippen LogP contribution in [0.25, 0.3) is 0 Å². The van der Waals surface area contributed by atoms with Crippen molar-refractivity contribution < 1.29 is 37.2 Å². The number of nitro benzene ring substituents is 1. The van der Waals surface area contributed by atoms with Crippen LogP contribution in [-0.2, 0) is 10.9 Å². The first-order valence-electron chi connectivity index (χ1n) is 7.48. The summed E-state index contributed by atoms with van der Waals surface area (Å²) in [6.07, 6.45) is -4.77. The zero-order chi connectivity index (χ0) is 20.2. The van der Waals surface area contributed by atoms with E-state index in [0.717, 1.165) is 36.4 Å². The monoisotopic (exact) mass is 383 g/mol. The Morgan fingerprint density at radius 1 is 1.07 bits per heavy atom. The maximum absolute atomic E-state index is 13.0. The molecule has 0 aliphatic rings. The van der Waals surface area contributed by atoms with Crippen molar-refractivity contribution in [1.82, 2.24) is 0 Å². The van der Waals surface area contributed by atoms with Crippen LogP contribution in [0.1, 0.15) is 33.2 Å². The summed E-state index contributed by atoms with van der Waals surface area (Å²) in [4.78, 5) is 34.2. The molecule has 0 saturated carbocycles. The van der Waals surface area contributed by atoms with Crippen LogP contribution in [0, 0.1) is 10.1 Å². The summed E-state index contributed by atoms with van der Waals surface area (Å²) in [6, 6.07) is 6.63. The van der Waals surface area contributed by atoms with Crippen molar-refractivity contribution in [2.24, 2.45) is 0 Å². The average Bonchev–Trinajstić information content (AvgIpc) is 2.61. The molecule has 0 bridgehead atoms. The Bertz CT molecular complexity index is 894. The van der Waals surface area contributed by atoms with Crippen molar-refractivity contribution in [1.29, 1.82) is 0 Å². The number of para-hydroxylation sites is 1. The second kappa shape index (κ2) is 7.85. The molecule has 0 aromatic heterocycles. The SMILES string of the molecule is CCOC(=O)c1cc(C(=O)Oc2ccccc2C(F)(F)F)cc([N+](=O)[O-])c1. The minimum Gasteiger partial charge on any atom is -0.462 e. The normalized spacial score (nSPS) is 11.0. The number of esters is 2. The van der Waals surface area contributed by atoms with Crippen molar-refractivity contribution in [3.63, 3.8) is 0 Å². The molecule has 0 atom stereocenters. The quantitative estimate of drug-likeness (QED) is 0.335. The zero-order valence-corrected chi connectivity index (χ0v) is 13.8. The van der Waals surface area contributed by atoms with E-state index in [1.807, 2.05) is 0 Å². The first-order chi connectivity index (χ1) is 12.6. The van der Waals surface area contributed by atoms with E-state index in [9.17, 15) is 32.9 Å². The first-order valence-corrected chi connectivity index (χ1v) is 7.48. The number of hydrogen-bond donors (Lipinski definition) is 0. The van der Waals surface area contributed by atoms with E-state index in [1.54, 1.807) is 0 Å². The van der Waals surface area contributed by atoms with Crippen LogP contribution in [-0.4, -0.2) is 23.5 Å². The number of halogens is 3. The number of rotatable bonds is 5. The van der Waals surface area contributed by atoms with Crippen LogP contribution in [0.3, 0.4) is 0 Å². The van der Waals surface area contributed by atoms with Gasteiger partial charge in [0.15, 0.2) is 0 Å². The molecule has 0 N–H and O–H groups in total. The zero-order valence-electron chi connectivity index (χ0n) is 13.8. The van der Waals surface area contributed by atoms with Gasteiger partial charge in [-0.05, 0) is 25.1 Å². The van der Waals surface area contributed by atoms with Crippen molar-refractivity contribution >= 4 is 17.6 Å². The Morgan fingerprint density at radius 3 is 2.22 bits per heavy atom. The van der Waals surface area contributed by atoms with Gasteiger partial charge in [-0.1, -0.05) is 12.1 Å². The summed E-state index contributed by atoms with van der Waals surface area (Å²) >= 11 is 0. The first kappa shape index (κ1) is 19.9. The van der Waals surface area contributed by atoms with Crippen LogP contribution < -0.4 is 4.74 Å². The number of non-ortho nitro benzene ring substituents is 1. The number of nitrogens with zero attached hydrogens (tertiary/aromatic N) is 1. The Morgan fingerprint density at radius 2 is 1.67 bits per heavy atom. The Balaban J connectivity index is 2.42. The van der Waals surface area contributed by atoms with E-state index in [0.29, 0.717) is 0 Å². The lowest BCUT2D eigenvalue weighted by molar-refractivity contribution is -0.384. The topological polar surface area (TPSA) is 95.7 Å². The lowest BCUT2D eigenvalue weighted by atomic mass is 10.1. The summed E-state index contributed by atoms with van der Waals surface area (Å²) in [6.45, 7) is 1.50. The molecule has 10 heteroatoms. The Hall–Kier alpha value is -3.43. The van der Waals surface area contributed by atoms with Gasteiger partial charge in [-0.15, -0.1) is 0 Å². The molecule has 0 unspecified atom stereocenters. The predicted molar refractivity (Wildman–Crippen MR) is 85.5 cm³/mol. The molecule has 2 aromatic rings. The molecule has 0 amide bonds. The van der Waals surface area contributed by atoms with E-state index in [1.165, 1.54) is 13.0 Å². The molecule has 7 nitrogen and oxygen atoms in total. The standard InChI is InChI=1S/C17H12F3NO6/c1-2-26-15(22)10-7-11(9-12(8-10)21(24)25)16(23)27-14-6-4-3-5-13(14)17(18,19)20/h3-9H,2H2,1H3. The average molecular weight is 383 g/mol. The second-order valence-electron chi connectivity index (χ2n) is 5.13. The summed E-state index contributed by atoms with van der Waals surface area (Å²) < 4.78 is 48.4. The molecule has 142 valence electrons. The van der Waals surface area contributed by atoms with Crippen LogP contribution in [0.4, 0.5) is 18.9 Å². The van der Waals surface area contributed by atoms with Crippen LogP contribution in [0.15, 0.2) is 42.5 Å². The Kier molecular flexibility index (Phi) is 5.78. The third-order valence-electron chi connectivity index (χ3n) is 3.27. The van der Waals surface area contributed by atoms with Gasteiger partial charge in [-0.3, -0.25) is 10.1 Å². The summed E-state index contributed by atoms with van der Waals surface area (Å²) in [5.41, 5.74) is -2.57. The van der Waals surface area contributed by atoms with E-state index in [2.05, 4.69) is 0 Å². The van der Waals surface area contributed by atoms with Gasteiger partial charge >= 0.3 is 18.1 Å². The lowest BCUT2D eigenvalue weighted by Crippen LogP contribution is -2.15. The highest BCUT2D eigenvalue weighted by atomic mass is 19.4. The van der Waals surface area contributed by atoms with Crippen molar-refractivity contribution in [3.05, 3.63) is 69.3 Å². The fraction of sp³-hybridized carbons (Fsp3) is 0.176. The summed E-state index contributed by atoms with van der Waals surface area (Å²) in [5, 5.41) is 11.0. The highest BCUT2D eigenvalue weighted by Gasteiger charge is 2.35. The number of carbonyl (C=O) groups is 2. The van der Waals surface area contributed by atoms with Gasteiger partial charge in [0, 0.05) is 12.1 Å². The minimum atomic E-state index is -4.77. The maximum Gasteiger partial charge on any atom is 0.419 e. The van der Waals surface area contributed by atoms with Crippen LogP contribution in [0.5, 0.6) is 5.75 Å². The highest BCUT2D eigenvalue weighted by Crippen LogP contribution is 2.36. The van der Waals surface area contributed by atoms with E-state index >= 15 is 0 Å². The molecule has 0 aliphatic carbocycles. The molecule has 0 fully saturated rings. The van der Waals surface area contributed by atoms with E-state index in [4.69, 9.17) is 9.47 Å². The third-order valence-corrected chi connectivity index (χ3v) is 3.27. The number of hydrogen-bond acceptors (Lipinski definition) is 6. The van der Waals surface area contributed by atoms with Gasteiger partial charge in [0.25, 0.3) is 5.69 Å². The van der Waals surface area contributed by atoms with Crippen molar-refractivity contribution in [2.75, 3.05) is 6.61 Å². The van der Waals surface area contributed by atoms with Crippen LogP contribution in [0.2, 0.25) is 0 Å². The number of nitro groups is 1. The fourth-order valence-electron chi connectivity index (χ4n) is 2.12. The third kappa shape index (κ3) is 4.81. The van der Waals surface area contributed by atoms with Gasteiger partial charge in [0.1, 0.15) is 5.75 Å². The maximum atomic E-state index is 13.0. The van der Waals surface area contributed by atoms with E-state index < -0.39 is 45.6 Å². The Labute approximate surface area is 150 Å². The van der Waals surface area contributed by atoms with Gasteiger partial charge in [0.05, 0.1) is 28.2 Å². The molecule has 0 saturated heterocycles. The molecule has 0 spiro atoms.